The van der Waals surface area contributed by atoms with E-state index in [4.69, 9.17) is 19.3 Å². The highest BCUT2D eigenvalue weighted by Gasteiger charge is 2.18. The molecule has 0 saturated carbocycles. The highest BCUT2D eigenvalue weighted by atomic mass is 16.6. The van der Waals surface area contributed by atoms with E-state index in [1.54, 1.807) is 6.26 Å². The molecule has 170 valence electrons. The van der Waals surface area contributed by atoms with Crippen molar-refractivity contribution in [1.82, 2.24) is 0 Å². The van der Waals surface area contributed by atoms with Crippen LogP contribution in [0.2, 0.25) is 0 Å². The molecule has 0 aliphatic carbocycles. The number of rotatable bonds is 9. The van der Waals surface area contributed by atoms with E-state index < -0.39 is 0 Å². The third-order valence-corrected chi connectivity index (χ3v) is 5.78. The Hall–Kier alpha value is -4.02. The van der Waals surface area contributed by atoms with Gasteiger partial charge in [0.25, 0.3) is 0 Å². The SMILES string of the molecule is OCCOc1ccc(C(c2ccc(O/C=C3/CO3)cc2)c2ccc(-c3ccccc3)cc2)cc1. The molecule has 0 amide bonds. The zero-order chi connectivity index (χ0) is 23.2. The molecule has 0 bridgehead atoms. The Balaban J connectivity index is 1.46. The summed E-state index contributed by atoms with van der Waals surface area (Å²) < 4.78 is 16.3. The van der Waals surface area contributed by atoms with Gasteiger partial charge in [0.05, 0.1) is 6.61 Å². The molecule has 4 aromatic carbocycles. The Morgan fingerprint density at radius 2 is 1.24 bits per heavy atom. The lowest BCUT2D eigenvalue weighted by molar-refractivity contribution is 0.201. The predicted octanol–water partition coefficient (Wildman–Crippen LogP) is 6.16. The van der Waals surface area contributed by atoms with Gasteiger partial charge in [-0.05, 0) is 52.1 Å². The number of hydrogen-bond donors (Lipinski definition) is 1. The van der Waals surface area contributed by atoms with Crippen LogP contribution in [0.15, 0.2) is 115 Å². The van der Waals surface area contributed by atoms with E-state index in [1.165, 1.54) is 22.3 Å². The first-order chi connectivity index (χ1) is 16.8. The lowest BCUT2D eigenvalue weighted by Gasteiger charge is -2.20. The Labute approximate surface area is 199 Å². The Kier molecular flexibility index (Phi) is 6.59. The lowest BCUT2D eigenvalue weighted by atomic mass is 9.84. The summed E-state index contributed by atoms with van der Waals surface area (Å²) in [5.41, 5.74) is 5.91. The Morgan fingerprint density at radius 1 is 0.706 bits per heavy atom. The van der Waals surface area contributed by atoms with Crippen molar-refractivity contribution >= 4 is 0 Å². The number of aliphatic hydroxyl groups is 1. The summed E-state index contributed by atoms with van der Waals surface area (Å²) in [4.78, 5) is 0. The van der Waals surface area contributed by atoms with Crippen LogP contribution < -0.4 is 9.47 Å². The maximum Gasteiger partial charge on any atom is 0.169 e. The zero-order valence-corrected chi connectivity index (χ0v) is 18.8. The summed E-state index contributed by atoms with van der Waals surface area (Å²) in [7, 11) is 0. The van der Waals surface area contributed by atoms with Crippen molar-refractivity contribution in [1.29, 1.82) is 0 Å². The molecule has 0 aromatic heterocycles. The van der Waals surface area contributed by atoms with Crippen molar-refractivity contribution in [2.75, 3.05) is 19.8 Å². The molecule has 4 aromatic rings. The molecule has 5 rings (SSSR count). The summed E-state index contributed by atoms with van der Waals surface area (Å²) in [6, 6.07) is 35.4. The Bertz CT molecular complexity index is 1220. The second kappa shape index (κ2) is 10.3. The lowest BCUT2D eigenvalue weighted by Crippen LogP contribution is -2.05. The van der Waals surface area contributed by atoms with E-state index in [1.807, 2.05) is 30.3 Å². The van der Waals surface area contributed by atoms with Crippen LogP contribution in [0.5, 0.6) is 11.5 Å². The molecule has 0 spiro atoms. The van der Waals surface area contributed by atoms with Gasteiger partial charge >= 0.3 is 0 Å². The third-order valence-electron chi connectivity index (χ3n) is 5.78. The van der Waals surface area contributed by atoms with Crippen LogP contribution in [-0.4, -0.2) is 24.9 Å². The molecule has 4 heteroatoms. The maximum atomic E-state index is 9.02. The fourth-order valence-electron chi connectivity index (χ4n) is 3.98. The van der Waals surface area contributed by atoms with Gasteiger partial charge in [0.2, 0.25) is 0 Å². The molecule has 1 heterocycles. The first-order valence-corrected chi connectivity index (χ1v) is 11.4. The zero-order valence-electron chi connectivity index (χ0n) is 18.8. The van der Waals surface area contributed by atoms with Crippen molar-refractivity contribution < 1.29 is 19.3 Å². The van der Waals surface area contributed by atoms with E-state index in [-0.39, 0.29) is 19.1 Å². The molecule has 1 atom stereocenters. The van der Waals surface area contributed by atoms with Crippen LogP contribution in [-0.2, 0) is 4.74 Å². The van der Waals surface area contributed by atoms with E-state index in [2.05, 4.69) is 72.8 Å². The van der Waals surface area contributed by atoms with Gasteiger partial charge in [0.15, 0.2) is 5.76 Å². The highest BCUT2D eigenvalue weighted by molar-refractivity contribution is 5.64. The average molecular weight is 451 g/mol. The largest absolute Gasteiger partial charge is 0.491 e. The number of epoxide rings is 1. The highest BCUT2D eigenvalue weighted by Crippen LogP contribution is 2.35. The molecular formula is C30H26O4. The predicted molar refractivity (Wildman–Crippen MR) is 133 cm³/mol. The molecule has 1 aliphatic rings. The number of aliphatic hydroxyl groups excluding tert-OH is 1. The van der Waals surface area contributed by atoms with Crippen LogP contribution >= 0.6 is 0 Å². The van der Waals surface area contributed by atoms with Gasteiger partial charge in [-0.3, -0.25) is 0 Å². The van der Waals surface area contributed by atoms with Gasteiger partial charge in [-0.1, -0.05) is 78.9 Å². The van der Waals surface area contributed by atoms with Gasteiger partial charge < -0.3 is 19.3 Å². The maximum absolute atomic E-state index is 9.02. The summed E-state index contributed by atoms with van der Waals surface area (Å²) in [6.45, 7) is 0.929. The molecule has 4 nitrogen and oxygen atoms in total. The van der Waals surface area contributed by atoms with Crippen molar-refractivity contribution in [3.63, 3.8) is 0 Å². The minimum atomic E-state index is -0.00460. The smallest absolute Gasteiger partial charge is 0.169 e. The average Bonchev–Trinajstić information content (AvgIpc) is 3.74. The standard InChI is InChI=1S/C30H26O4/c31-18-19-32-27-14-10-25(11-15-27)30(26-12-16-28(17-13-26)33-20-29-21-34-29)24-8-6-23(7-9-24)22-4-2-1-3-5-22/h1-17,20,30-31H,18-19,21H2/b29-20-. The quantitative estimate of drug-likeness (QED) is 0.189. The van der Waals surface area contributed by atoms with E-state index >= 15 is 0 Å². The molecule has 34 heavy (non-hydrogen) atoms. The van der Waals surface area contributed by atoms with Crippen molar-refractivity contribution in [2.24, 2.45) is 0 Å². The number of benzene rings is 4. The van der Waals surface area contributed by atoms with Gasteiger partial charge in [0.1, 0.15) is 31.0 Å². The van der Waals surface area contributed by atoms with Gasteiger partial charge in [0, 0.05) is 5.92 Å². The minimum Gasteiger partial charge on any atom is -0.491 e. The number of hydrogen-bond acceptors (Lipinski definition) is 4. The first-order valence-electron chi connectivity index (χ1n) is 11.4. The molecule has 1 fully saturated rings. The van der Waals surface area contributed by atoms with Gasteiger partial charge in [-0.25, -0.2) is 0 Å². The fourth-order valence-corrected chi connectivity index (χ4v) is 3.98. The second-order valence-electron chi connectivity index (χ2n) is 8.12. The van der Waals surface area contributed by atoms with Gasteiger partial charge in [-0.15, -0.1) is 0 Å². The number of ether oxygens (including phenoxy) is 3. The van der Waals surface area contributed by atoms with Crippen LogP contribution in [0.25, 0.3) is 11.1 Å². The summed E-state index contributed by atoms with van der Waals surface area (Å²) in [6.07, 6.45) is 1.65. The Morgan fingerprint density at radius 3 is 1.79 bits per heavy atom. The van der Waals surface area contributed by atoms with Crippen LogP contribution in [0, 0.1) is 0 Å². The molecule has 1 unspecified atom stereocenters. The summed E-state index contributed by atoms with van der Waals surface area (Å²) in [5.74, 6) is 2.44. The van der Waals surface area contributed by atoms with E-state index in [9.17, 15) is 0 Å². The van der Waals surface area contributed by atoms with E-state index in [0.29, 0.717) is 6.61 Å². The van der Waals surface area contributed by atoms with Crippen molar-refractivity contribution in [3.8, 4) is 22.6 Å². The molecule has 0 radical (unpaired) electrons. The molecular weight excluding hydrogens is 424 g/mol. The van der Waals surface area contributed by atoms with E-state index in [0.717, 1.165) is 22.8 Å². The first kappa shape index (κ1) is 21.8. The van der Waals surface area contributed by atoms with Crippen LogP contribution in [0.1, 0.15) is 22.6 Å². The van der Waals surface area contributed by atoms with Crippen molar-refractivity contribution in [2.45, 2.75) is 5.92 Å². The second-order valence-corrected chi connectivity index (χ2v) is 8.12. The third kappa shape index (κ3) is 5.30. The minimum absolute atomic E-state index is 0.00460. The van der Waals surface area contributed by atoms with Gasteiger partial charge in [-0.2, -0.15) is 0 Å². The molecule has 1 aliphatic heterocycles. The van der Waals surface area contributed by atoms with Crippen LogP contribution in [0.3, 0.4) is 0 Å². The summed E-state index contributed by atoms with van der Waals surface area (Å²) in [5, 5.41) is 9.02. The monoisotopic (exact) mass is 450 g/mol. The van der Waals surface area contributed by atoms with Crippen LogP contribution in [0.4, 0.5) is 0 Å². The molecule has 1 N–H and O–H groups in total. The normalized spacial score (nSPS) is 14.3. The summed E-state index contributed by atoms with van der Waals surface area (Å²) >= 11 is 0. The molecule has 1 saturated heterocycles. The fraction of sp³-hybridized carbons (Fsp3) is 0.133. The van der Waals surface area contributed by atoms with Crippen molar-refractivity contribution in [3.05, 3.63) is 132 Å². The topological polar surface area (TPSA) is 51.2 Å².